The van der Waals surface area contributed by atoms with E-state index < -0.39 is 0 Å². The van der Waals surface area contributed by atoms with Crippen LogP contribution >= 0.6 is 0 Å². The fraction of sp³-hybridized carbons (Fsp3) is 0.600. The third-order valence-electron chi connectivity index (χ3n) is 2.72. The first-order valence-corrected chi connectivity index (χ1v) is 5.11. The maximum absolute atomic E-state index is 11.1. The third-order valence-corrected chi connectivity index (χ3v) is 2.72. The smallest absolute Gasteiger partial charge is 0.234 e. The van der Waals surface area contributed by atoms with Gasteiger partial charge >= 0.3 is 0 Å². The molecule has 1 amide bonds. The van der Waals surface area contributed by atoms with Crippen molar-refractivity contribution in [3.05, 3.63) is 17.8 Å². The average Bonchev–Trinajstić information content (AvgIpc) is 2.75. The highest BCUT2D eigenvalue weighted by Gasteiger charge is 2.29. The number of aryl methyl sites for hydroxylation is 1. The van der Waals surface area contributed by atoms with E-state index in [1.54, 1.807) is 13.2 Å². The van der Waals surface area contributed by atoms with Crippen LogP contribution in [0, 0.1) is 6.92 Å². The van der Waals surface area contributed by atoms with Crippen LogP contribution in [0.1, 0.15) is 24.4 Å². The number of carbonyl (C=O) groups is 1. The topological polar surface area (TPSA) is 72.4 Å². The monoisotopic (exact) mass is 209 g/mol. The molecule has 1 unspecified atom stereocenters. The van der Waals surface area contributed by atoms with Crippen LogP contribution in [0.4, 0.5) is 0 Å². The molecule has 82 valence electrons. The Morgan fingerprint density at radius 2 is 2.60 bits per heavy atom. The van der Waals surface area contributed by atoms with E-state index in [0.29, 0.717) is 12.4 Å². The van der Waals surface area contributed by atoms with Gasteiger partial charge in [0.05, 0.1) is 11.7 Å². The lowest BCUT2D eigenvalue weighted by Crippen LogP contribution is -2.39. The molecule has 2 heterocycles. The zero-order chi connectivity index (χ0) is 10.8. The van der Waals surface area contributed by atoms with E-state index in [-0.39, 0.29) is 11.9 Å². The minimum atomic E-state index is -0.243. The van der Waals surface area contributed by atoms with Gasteiger partial charge in [-0.2, -0.15) is 0 Å². The fourth-order valence-corrected chi connectivity index (χ4v) is 2.03. The van der Waals surface area contributed by atoms with Crippen molar-refractivity contribution in [2.24, 2.45) is 5.73 Å². The summed E-state index contributed by atoms with van der Waals surface area (Å²) >= 11 is 0. The lowest BCUT2D eigenvalue weighted by molar-refractivity contribution is -0.122. The number of hydrogen-bond acceptors (Lipinski definition) is 4. The second-order valence-corrected chi connectivity index (χ2v) is 3.89. The molecule has 2 N–H and O–H groups in total. The predicted molar refractivity (Wildman–Crippen MR) is 53.9 cm³/mol. The summed E-state index contributed by atoms with van der Waals surface area (Å²) in [5.74, 6) is 0.410. The second kappa shape index (κ2) is 4.02. The van der Waals surface area contributed by atoms with Crippen LogP contribution in [0.25, 0.3) is 0 Å². The van der Waals surface area contributed by atoms with Crippen molar-refractivity contribution in [2.45, 2.75) is 32.4 Å². The molecule has 1 aromatic rings. The SMILES string of the molecule is Cc1nc(CN2CCCC2C(N)=O)co1. The summed E-state index contributed by atoms with van der Waals surface area (Å²) in [6.07, 6.45) is 3.50. The molecule has 1 aliphatic rings. The van der Waals surface area contributed by atoms with Gasteiger partial charge < -0.3 is 10.2 Å². The highest BCUT2D eigenvalue weighted by Crippen LogP contribution is 2.19. The standard InChI is InChI=1S/C10H15N3O2/c1-7-12-8(6-15-7)5-13-4-2-3-9(13)10(11)14/h6,9H,2-5H2,1H3,(H2,11,14). The Labute approximate surface area is 88.3 Å². The van der Waals surface area contributed by atoms with E-state index in [2.05, 4.69) is 9.88 Å². The van der Waals surface area contributed by atoms with Crippen molar-refractivity contribution in [3.8, 4) is 0 Å². The van der Waals surface area contributed by atoms with E-state index >= 15 is 0 Å². The quantitative estimate of drug-likeness (QED) is 0.783. The van der Waals surface area contributed by atoms with Gasteiger partial charge in [-0.1, -0.05) is 0 Å². The molecule has 0 radical (unpaired) electrons. The molecular weight excluding hydrogens is 194 g/mol. The molecule has 0 aromatic carbocycles. The highest BCUT2D eigenvalue weighted by molar-refractivity contribution is 5.80. The lowest BCUT2D eigenvalue weighted by Gasteiger charge is -2.19. The number of nitrogens with two attached hydrogens (primary N) is 1. The van der Waals surface area contributed by atoms with Gasteiger partial charge in [0.1, 0.15) is 6.26 Å². The number of hydrogen-bond donors (Lipinski definition) is 1. The van der Waals surface area contributed by atoms with Crippen molar-refractivity contribution < 1.29 is 9.21 Å². The number of nitrogens with zero attached hydrogens (tertiary/aromatic N) is 2. The van der Waals surface area contributed by atoms with Gasteiger partial charge in [0.15, 0.2) is 5.89 Å². The van der Waals surface area contributed by atoms with Gasteiger partial charge in [0, 0.05) is 13.5 Å². The number of carbonyl (C=O) groups excluding carboxylic acids is 1. The summed E-state index contributed by atoms with van der Waals surface area (Å²) in [6.45, 7) is 3.35. The summed E-state index contributed by atoms with van der Waals surface area (Å²) in [5, 5.41) is 0. The van der Waals surface area contributed by atoms with Crippen LogP contribution in [-0.2, 0) is 11.3 Å². The van der Waals surface area contributed by atoms with Crippen LogP contribution in [-0.4, -0.2) is 28.4 Å². The Morgan fingerprint density at radius 1 is 1.80 bits per heavy atom. The molecule has 1 saturated heterocycles. The predicted octanol–water partition coefficient (Wildman–Crippen LogP) is 0.433. The molecular formula is C10H15N3O2. The Hall–Kier alpha value is -1.36. The van der Waals surface area contributed by atoms with Crippen molar-refractivity contribution in [1.82, 2.24) is 9.88 Å². The Morgan fingerprint density at radius 3 is 3.20 bits per heavy atom. The molecule has 1 atom stereocenters. The molecule has 0 aliphatic carbocycles. The molecule has 1 fully saturated rings. The second-order valence-electron chi connectivity index (χ2n) is 3.89. The van der Waals surface area contributed by atoms with Gasteiger partial charge in [0.2, 0.25) is 5.91 Å². The number of aromatic nitrogens is 1. The maximum atomic E-state index is 11.1. The summed E-state index contributed by atoms with van der Waals surface area (Å²) in [6, 6.07) is -0.137. The molecule has 1 aliphatic heterocycles. The van der Waals surface area contributed by atoms with Gasteiger partial charge in [0.25, 0.3) is 0 Å². The first-order valence-electron chi connectivity index (χ1n) is 5.11. The van der Waals surface area contributed by atoms with E-state index in [9.17, 15) is 4.79 Å². The molecule has 5 nitrogen and oxygen atoms in total. The van der Waals surface area contributed by atoms with Crippen molar-refractivity contribution in [3.63, 3.8) is 0 Å². The Bertz CT molecular complexity index is 361. The van der Waals surface area contributed by atoms with Crippen LogP contribution in [0.15, 0.2) is 10.7 Å². The van der Waals surface area contributed by atoms with Gasteiger partial charge in [-0.05, 0) is 19.4 Å². The molecule has 2 rings (SSSR count). The van der Waals surface area contributed by atoms with Crippen LogP contribution in [0.2, 0.25) is 0 Å². The van der Waals surface area contributed by atoms with Crippen molar-refractivity contribution >= 4 is 5.91 Å². The van der Waals surface area contributed by atoms with Crippen molar-refractivity contribution in [1.29, 1.82) is 0 Å². The Kier molecular flexibility index (Phi) is 2.73. The minimum Gasteiger partial charge on any atom is -0.449 e. The van der Waals surface area contributed by atoms with E-state index in [0.717, 1.165) is 25.1 Å². The average molecular weight is 209 g/mol. The minimum absolute atomic E-state index is 0.137. The molecule has 0 saturated carbocycles. The van der Waals surface area contributed by atoms with Crippen LogP contribution in [0.3, 0.4) is 0 Å². The number of oxazole rings is 1. The first kappa shape index (κ1) is 10.2. The zero-order valence-electron chi connectivity index (χ0n) is 8.77. The molecule has 15 heavy (non-hydrogen) atoms. The van der Waals surface area contributed by atoms with Gasteiger partial charge in [-0.25, -0.2) is 4.98 Å². The van der Waals surface area contributed by atoms with E-state index in [1.807, 2.05) is 0 Å². The number of rotatable bonds is 3. The number of amides is 1. The van der Waals surface area contributed by atoms with E-state index in [4.69, 9.17) is 10.2 Å². The number of likely N-dealkylation sites (tertiary alicyclic amines) is 1. The zero-order valence-corrected chi connectivity index (χ0v) is 8.77. The Balaban J connectivity index is 2.02. The maximum Gasteiger partial charge on any atom is 0.234 e. The normalized spacial score (nSPS) is 22.1. The molecule has 0 bridgehead atoms. The van der Waals surface area contributed by atoms with E-state index in [1.165, 1.54) is 0 Å². The number of primary amides is 1. The molecule has 1 aromatic heterocycles. The largest absolute Gasteiger partial charge is 0.449 e. The summed E-state index contributed by atoms with van der Waals surface area (Å²) in [4.78, 5) is 17.4. The first-order chi connectivity index (χ1) is 7.16. The van der Waals surface area contributed by atoms with Crippen LogP contribution < -0.4 is 5.73 Å². The van der Waals surface area contributed by atoms with Gasteiger partial charge in [-0.15, -0.1) is 0 Å². The van der Waals surface area contributed by atoms with Crippen LogP contribution in [0.5, 0.6) is 0 Å². The summed E-state index contributed by atoms with van der Waals surface area (Å²) in [7, 11) is 0. The molecule has 5 heteroatoms. The third kappa shape index (κ3) is 2.18. The lowest BCUT2D eigenvalue weighted by atomic mass is 10.2. The fourth-order valence-electron chi connectivity index (χ4n) is 2.03. The summed E-state index contributed by atoms with van der Waals surface area (Å²) in [5.41, 5.74) is 6.18. The van der Waals surface area contributed by atoms with Crippen molar-refractivity contribution in [2.75, 3.05) is 6.54 Å². The summed E-state index contributed by atoms with van der Waals surface area (Å²) < 4.78 is 5.12. The molecule has 0 spiro atoms. The highest BCUT2D eigenvalue weighted by atomic mass is 16.3. The van der Waals surface area contributed by atoms with Gasteiger partial charge in [-0.3, -0.25) is 9.69 Å².